The van der Waals surface area contributed by atoms with Crippen molar-refractivity contribution < 1.29 is 37.9 Å². The lowest BCUT2D eigenvalue weighted by Crippen LogP contribution is -2.42. The van der Waals surface area contributed by atoms with Gasteiger partial charge in [-0.3, -0.25) is 14.4 Å². The number of benzene rings is 2. The fourth-order valence-electron chi connectivity index (χ4n) is 4.23. The summed E-state index contributed by atoms with van der Waals surface area (Å²) in [7, 11) is 0. The number of carbonyl (C=O) groups excluding carboxylic acids is 3. The van der Waals surface area contributed by atoms with Crippen molar-refractivity contribution in [2.45, 2.75) is 24.6 Å². The first kappa shape index (κ1) is 36.0. The van der Waals surface area contributed by atoms with Crippen LogP contribution in [0.3, 0.4) is 0 Å². The minimum absolute atomic E-state index is 0.0448. The molecular weight excluding hydrogens is 600 g/mol. The van der Waals surface area contributed by atoms with E-state index in [0.717, 1.165) is 16.7 Å². The van der Waals surface area contributed by atoms with Crippen LogP contribution in [-0.2, 0) is 39.9 Å². The quantitative estimate of drug-likeness (QED) is 0.0893. The Bertz CT molecular complexity index is 1290. The minimum atomic E-state index is -0.933. The predicted octanol–water partition coefficient (Wildman–Crippen LogP) is 1.55. The Kier molecular flexibility index (Phi) is 17.0. The molecule has 0 fully saturated rings. The highest BCUT2D eigenvalue weighted by atomic mass is 32.2. The molecule has 1 unspecified atom stereocenters. The van der Waals surface area contributed by atoms with Gasteiger partial charge in [0.15, 0.2) is 0 Å². The van der Waals surface area contributed by atoms with E-state index in [4.69, 9.17) is 24.7 Å². The molecule has 12 nitrogen and oxygen atoms in total. The molecule has 1 aliphatic rings. The van der Waals surface area contributed by atoms with Crippen LogP contribution in [0, 0.1) is 11.8 Å². The highest BCUT2D eigenvalue weighted by Gasteiger charge is 2.23. The van der Waals surface area contributed by atoms with E-state index in [1.165, 1.54) is 0 Å². The number of para-hydroxylation sites is 1. The van der Waals surface area contributed by atoms with Crippen LogP contribution >= 0.6 is 12.0 Å². The molecule has 0 aromatic heterocycles. The van der Waals surface area contributed by atoms with Crippen LogP contribution in [0.4, 0.5) is 5.69 Å². The van der Waals surface area contributed by atoms with E-state index in [1.54, 1.807) is 4.90 Å². The van der Waals surface area contributed by atoms with E-state index >= 15 is 0 Å². The van der Waals surface area contributed by atoms with Gasteiger partial charge < -0.3 is 44.8 Å². The number of amides is 3. The highest BCUT2D eigenvalue weighted by Crippen LogP contribution is 2.25. The van der Waals surface area contributed by atoms with Gasteiger partial charge in [-0.05, 0) is 23.8 Å². The van der Waals surface area contributed by atoms with Crippen molar-refractivity contribution in [1.82, 2.24) is 10.6 Å². The lowest BCUT2D eigenvalue weighted by atomic mass is 10.0. The van der Waals surface area contributed by atoms with Crippen molar-refractivity contribution in [2.24, 2.45) is 5.73 Å². The number of hydrogen-bond donors (Lipinski definition) is 4. The third-order valence-electron chi connectivity index (χ3n) is 6.57. The number of carbonyl (C=O) groups is 3. The van der Waals surface area contributed by atoms with Crippen molar-refractivity contribution in [2.75, 3.05) is 77.4 Å². The molecule has 1 heterocycles. The summed E-state index contributed by atoms with van der Waals surface area (Å²) in [4.78, 5) is 39.8. The van der Waals surface area contributed by atoms with E-state index < -0.39 is 11.2 Å². The van der Waals surface area contributed by atoms with E-state index in [9.17, 15) is 18.9 Å². The Labute approximate surface area is 268 Å². The minimum Gasteiger partial charge on any atom is -0.379 e. The van der Waals surface area contributed by atoms with E-state index in [2.05, 4.69) is 22.5 Å². The van der Waals surface area contributed by atoms with Crippen molar-refractivity contribution in [3.63, 3.8) is 0 Å². The van der Waals surface area contributed by atoms with Crippen LogP contribution in [0.1, 0.15) is 29.5 Å². The molecule has 45 heavy (non-hydrogen) atoms. The average molecular weight is 643 g/mol. The van der Waals surface area contributed by atoms with Crippen LogP contribution < -0.4 is 21.3 Å². The van der Waals surface area contributed by atoms with E-state index in [-0.39, 0.29) is 44.4 Å². The van der Waals surface area contributed by atoms with Crippen LogP contribution in [0.2, 0.25) is 0 Å². The monoisotopic (exact) mass is 642 g/mol. The van der Waals surface area contributed by atoms with Gasteiger partial charge in [0.1, 0.15) is 5.25 Å². The standard InChI is InChI=1S/C32H42N4O8S/c33-13-16-42-18-20-44-22-21-43-19-17-41-15-12-30(37)35-23-29(45-40)32(39)34-14-11-31(38)36-24-27-7-2-1-5-25(27)9-10-26-6-3-4-8-28(26)36/h1-8,29,40H,11-24,33H2,(H,34,39)(H,35,37). The fourth-order valence-corrected chi connectivity index (χ4v) is 4.57. The summed E-state index contributed by atoms with van der Waals surface area (Å²) in [5.74, 6) is 5.37. The number of hydrogen-bond acceptors (Lipinski definition) is 10. The number of nitrogens with two attached hydrogens (primary N) is 1. The van der Waals surface area contributed by atoms with Crippen LogP contribution in [0.25, 0.3) is 0 Å². The molecule has 0 aliphatic carbocycles. The zero-order valence-corrected chi connectivity index (χ0v) is 26.1. The van der Waals surface area contributed by atoms with Gasteiger partial charge in [0, 0.05) is 55.6 Å². The van der Waals surface area contributed by atoms with Crippen LogP contribution in [0.5, 0.6) is 0 Å². The highest BCUT2D eigenvalue weighted by molar-refractivity contribution is 7.95. The number of ether oxygens (including phenoxy) is 4. The summed E-state index contributed by atoms with van der Waals surface area (Å²) in [6, 6.07) is 15.2. The number of fused-ring (bicyclic) bond motifs is 2. The molecule has 0 saturated carbocycles. The largest absolute Gasteiger partial charge is 0.379 e. The third-order valence-corrected chi connectivity index (χ3v) is 7.20. The van der Waals surface area contributed by atoms with Gasteiger partial charge in [0.25, 0.3) is 0 Å². The molecule has 1 atom stereocenters. The van der Waals surface area contributed by atoms with Crippen molar-refractivity contribution in [3.05, 3.63) is 65.2 Å². The summed E-state index contributed by atoms with van der Waals surface area (Å²) in [5, 5.41) is 4.39. The molecule has 3 rings (SSSR count). The number of rotatable bonds is 21. The maximum Gasteiger partial charge on any atom is 0.237 e. The Hall–Kier alpha value is -3.48. The summed E-state index contributed by atoms with van der Waals surface area (Å²) in [5.41, 5.74) is 8.59. The lowest BCUT2D eigenvalue weighted by molar-refractivity contribution is -0.122. The molecule has 13 heteroatoms. The number of nitrogens with one attached hydrogen (secondary N) is 2. The average Bonchev–Trinajstić information content (AvgIpc) is 3.04. The van der Waals surface area contributed by atoms with Gasteiger partial charge in [0.05, 0.1) is 65.1 Å². The zero-order chi connectivity index (χ0) is 32.1. The molecule has 0 radical (unpaired) electrons. The van der Waals surface area contributed by atoms with Crippen molar-refractivity contribution >= 4 is 35.5 Å². The molecule has 2 aromatic rings. The summed E-state index contributed by atoms with van der Waals surface area (Å²) in [6.45, 7) is 4.06. The molecule has 5 N–H and O–H groups in total. The van der Waals surface area contributed by atoms with Gasteiger partial charge in [-0.25, -0.2) is 0 Å². The summed E-state index contributed by atoms with van der Waals surface area (Å²) < 4.78 is 31.0. The normalized spacial score (nSPS) is 12.5. The van der Waals surface area contributed by atoms with E-state index in [1.807, 2.05) is 48.5 Å². The molecule has 0 spiro atoms. The van der Waals surface area contributed by atoms with Crippen LogP contribution in [0.15, 0.2) is 48.5 Å². The van der Waals surface area contributed by atoms with Crippen LogP contribution in [-0.4, -0.2) is 100 Å². The van der Waals surface area contributed by atoms with Gasteiger partial charge in [-0.2, -0.15) is 0 Å². The fraction of sp³-hybridized carbons (Fsp3) is 0.469. The van der Waals surface area contributed by atoms with Crippen molar-refractivity contribution in [3.8, 4) is 11.8 Å². The Morgan fingerprint density at radius 2 is 1.42 bits per heavy atom. The second kappa shape index (κ2) is 21.3. The van der Waals surface area contributed by atoms with E-state index in [0.29, 0.717) is 77.1 Å². The van der Waals surface area contributed by atoms with Gasteiger partial charge >= 0.3 is 0 Å². The molecule has 0 saturated heterocycles. The molecule has 2 aromatic carbocycles. The number of nitrogens with zero attached hydrogens (tertiary/aromatic N) is 1. The Morgan fingerprint density at radius 3 is 2.11 bits per heavy atom. The van der Waals surface area contributed by atoms with Gasteiger partial charge in [0.2, 0.25) is 17.7 Å². The summed E-state index contributed by atoms with van der Waals surface area (Å²) >= 11 is 0.335. The molecule has 1 aliphatic heterocycles. The first-order valence-electron chi connectivity index (χ1n) is 14.9. The first-order valence-corrected chi connectivity index (χ1v) is 15.7. The van der Waals surface area contributed by atoms with Gasteiger partial charge in [-0.1, -0.05) is 42.2 Å². The Balaban J connectivity index is 1.30. The second-order valence-electron chi connectivity index (χ2n) is 9.83. The van der Waals surface area contributed by atoms with Gasteiger partial charge in [-0.15, -0.1) is 0 Å². The van der Waals surface area contributed by atoms with Crippen molar-refractivity contribution in [1.29, 1.82) is 0 Å². The predicted molar refractivity (Wildman–Crippen MR) is 172 cm³/mol. The summed E-state index contributed by atoms with van der Waals surface area (Å²) in [6.07, 6.45) is 0.138. The molecular formula is C32H42N4O8S. The first-order chi connectivity index (χ1) is 22.0. The third kappa shape index (κ3) is 13.2. The zero-order valence-electron chi connectivity index (χ0n) is 25.3. The second-order valence-corrected chi connectivity index (χ2v) is 10.6. The number of anilines is 1. The molecule has 3 amide bonds. The Morgan fingerprint density at radius 1 is 0.822 bits per heavy atom. The molecule has 0 bridgehead atoms. The topological polar surface area (TPSA) is 162 Å². The SMILES string of the molecule is NCCOCCOCCOCCOCCC(=O)NCC(SO)C(=O)NCCC(=O)N1Cc2ccccc2C#Cc2ccccc21. The lowest BCUT2D eigenvalue weighted by Gasteiger charge is -2.26. The maximum absolute atomic E-state index is 13.3. The smallest absolute Gasteiger partial charge is 0.237 e. The maximum atomic E-state index is 13.3. The molecule has 244 valence electrons.